The summed E-state index contributed by atoms with van der Waals surface area (Å²) >= 11 is 0. The Morgan fingerprint density at radius 3 is 2.86 bits per heavy atom. The van der Waals surface area contributed by atoms with Gasteiger partial charge in [0, 0.05) is 18.5 Å². The molecule has 1 heterocycles. The zero-order valence-corrected chi connectivity index (χ0v) is 8.66. The van der Waals surface area contributed by atoms with E-state index in [-0.39, 0.29) is 0 Å². The Morgan fingerprint density at radius 1 is 1.36 bits per heavy atom. The van der Waals surface area contributed by atoms with Gasteiger partial charge in [0.15, 0.2) is 0 Å². The van der Waals surface area contributed by atoms with Gasteiger partial charge < -0.3 is 11.1 Å². The van der Waals surface area contributed by atoms with Crippen molar-refractivity contribution in [3.05, 3.63) is 35.4 Å². The summed E-state index contributed by atoms with van der Waals surface area (Å²) in [6.07, 6.45) is 1.08. The van der Waals surface area contributed by atoms with E-state index in [1.807, 2.05) is 0 Å². The lowest BCUT2D eigenvalue weighted by Gasteiger charge is -2.30. The third-order valence-electron chi connectivity index (χ3n) is 3.12. The van der Waals surface area contributed by atoms with Gasteiger partial charge in [-0.1, -0.05) is 24.3 Å². The predicted octanol–water partition coefficient (Wildman–Crippen LogP) is 1.40. The van der Waals surface area contributed by atoms with E-state index in [2.05, 4.69) is 36.5 Å². The van der Waals surface area contributed by atoms with Gasteiger partial charge >= 0.3 is 0 Å². The molecular weight excluding hydrogens is 172 g/mol. The van der Waals surface area contributed by atoms with Gasteiger partial charge in [-0.25, -0.2) is 0 Å². The first-order valence-corrected chi connectivity index (χ1v) is 5.31. The number of hydrogen-bond donors (Lipinski definition) is 2. The first kappa shape index (κ1) is 9.69. The molecule has 1 aromatic carbocycles. The van der Waals surface area contributed by atoms with Crippen LogP contribution in [0, 0.1) is 6.92 Å². The molecule has 1 saturated heterocycles. The number of piperidine rings is 1. The van der Waals surface area contributed by atoms with Crippen LogP contribution in [0.15, 0.2) is 24.3 Å². The van der Waals surface area contributed by atoms with Crippen LogP contribution in [0.25, 0.3) is 0 Å². The van der Waals surface area contributed by atoms with Gasteiger partial charge in [-0.15, -0.1) is 0 Å². The molecule has 2 nitrogen and oxygen atoms in total. The second kappa shape index (κ2) is 4.11. The van der Waals surface area contributed by atoms with Gasteiger partial charge in [0.25, 0.3) is 0 Å². The molecule has 0 aromatic heterocycles. The Labute approximate surface area is 85.5 Å². The van der Waals surface area contributed by atoms with Crippen molar-refractivity contribution in [2.45, 2.75) is 25.3 Å². The quantitative estimate of drug-likeness (QED) is 0.702. The molecule has 1 fully saturated rings. The van der Waals surface area contributed by atoms with Crippen molar-refractivity contribution in [2.24, 2.45) is 5.73 Å². The smallest absolute Gasteiger partial charge is 0.0132 e. The average Bonchev–Trinajstić information content (AvgIpc) is 2.20. The van der Waals surface area contributed by atoms with Crippen LogP contribution in [0.5, 0.6) is 0 Å². The monoisotopic (exact) mass is 190 g/mol. The minimum atomic E-state index is 0.317. The van der Waals surface area contributed by atoms with Crippen molar-refractivity contribution >= 4 is 0 Å². The first-order valence-electron chi connectivity index (χ1n) is 5.31. The zero-order valence-electron chi connectivity index (χ0n) is 8.66. The largest absolute Gasteiger partial charge is 0.327 e. The van der Waals surface area contributed by atoms with Crippen molar-refractivity contribution < 1.29 is 0 Å². The van der Waals surface area contributed by atoms with Crippen LogP contribution in [0.1, 0.15) is 23.5 Å². The van der Waals surface area contributed by atoms with Crippen LogP contribution in [0.3, 0.4) is 0 Å². The van der Waals surface area contributed by atoms with Crippen LogP contribution in [-0.4, -0.2) is 19.1 Å². The molecule has 2 unspecified atom stereocenters. The molecule has 0 aliphatic carbocycles. The standard InChI is InChI=1S/C12H18N2/c1-9-4-2-3-5-10(9)11-8-14-7-6-12(11)13/h2-5,11-12,14H,6-8,13H2,1H3. The summed E-state index contributed by atoms with van der Waals surface area (Å²) in [6, 6.07) is 8.87. The van der Waals surface area contributed by atoms with E-state index in [4.69, 9.17) is 5.73 Å². The van der Waals surface area contributed by atoms with Crippen LogP contribution in [-0.2, 0) is 0 Å². The van der Waals surface area contributed by atoms with Crippen molar-refractivity contribution in [2.75, 3.05) is 13.1 Å². The Hall–Kier alpha value is -0.860. The predicted molar refractivity (Wildman–Crippen MR) is 59.4 cm³/mol. The summed E-state index contributed by atoms with van der Waals surface area (Å²) in [4.78, 5) is 0. The summed E-state index contributed by atoms with van der Waals surface area (Å²) in [7, 11) is 0. The number of benzene rings is 1. The lowest BCUT2D eigenvalue weighted by Crippen LogP contribution is -2.43. The Balaban J connectivity index is 2.25. The van der Waals surface area contributed by atoms with Crippen LogP contribution in [0.4, 0.5) is 0 Å². The fraction of sp³-hybridized carbons (Fsp3) is 0.500. The second-order valence-corrected chi connectivity index (χ2v) is 4.12. The zero-order chi connectivity index (χ0) is 9.97. The van der Waals surface area contributed by atoms with Crippen molar-refractivity contribution in [3.8, 4) is 0 Å². The lowest BCUT2D eigenvalue weighted by molar-refractivity contribution is 0.402. The molecule has 2 heteroatoms. The molecule has 2 rings (SSSR count). The molecule has 14 heavy (non-hydrogen) atoms. The van der Waals surface area contributed by atoms with Gasteiger partial charge in [0.05, 0.1) is 0 Å². The molecule has 0 spiro atoms. The fourth-order valence-electron chi connectivity index (χ4n) is 2.22. The molecule has 3 N–H and O–H groups in total. The Kier molecular flexibility index (Phi) is 2.85. The van der Waals surface area contributed by atoms with Crippen LogP contribution >= 0.6 is 0 Å². The first-order chi connectivity index (χ1) is 6.79. The van der Waals surface area contributed by atoms with E-state index in [1.54, 1.807) is 0 Å². The third kappa shape index (κ3) is 1.81. The minimum Gasteiger partial charge on any atom is -0.327 e. The molecule has 1 aliphatic rings. The minimum absolute atomic E-state index is 0.317. The molecule has 0 amide bonds. The van der Waals surface area contributed by atoms with E-state index in [9.17, 15) is 0 Å². The number of aryl methyl sites for hydroxylation is 1. The number of nitrogens with two attached hydrogens (primary N) is 1. The summed E-state index contributed by atoms with van der Waals surface area (Å²) in [5, 5.41) is 3.41. The van der Waals surface area contributed by atoms with Crippen LogP contribution in [0.2, 0.25) is 0 Å². The van der Waals surface area contributed by atoms with Crippen molar-refractivity contribution in [1.29, 1.82) is 0 Å². The van der Waals surface area contributed by atoms with Crippen LogP contribution < -0.4 is 11.1 Å². The van der Waals surface area contributed by atoms with Gasteiger partial charge in [-0.2, -0.15) is 0 Å². The second-order valence-electron chi connectivity index (χ2n) is 4.12. The summed E-state index contributed by atoms with van der Waals surface area (Å²) in [5.74, 6) is 0.491. The maximum atomic E-state index is 6.14. The van der Waals surface area contributed by atoms with Gasteiger partial charge in [0.2, 0.25) is 0 Å². The maximum Gasteiger partial charge on any atom is 0.0132 e. The SMILES string of the molecule is Cc1ccccc1C1CNCCC1N. The highest BCUT2D eigenvalue weighted by Gasteiger charge is 2.23. The highest BCUT2D eigenvalue weighted by atomic mass is 14.9. The summed E-state index contributed by atoms with van der Waals surface area (Å²) in [5.41, 5.74) is 8.91. The van der Waals surface area contributed by atoms with E-state index in [0.717, 1.165) is 19.5 Å². The molecule has 1 aliphatic heterocycles. The molecular formula is C12H18N2. The molecule has 0 bridgehead atoms. The van der Waals surface area contributed by atoms with E-state index >= 15 is 0 Å². The van der Waals surface area contributed by atoms with Gasteiger partial charge in [0.1, 0.15) is 0 Å². The highest BCUT2D eigenvalue weighted by Crippen LogP contribution is 2.24. The average molecular weight is 190 g/mol. The summed E-state index contributed by atoms with van der Waals surface area (Å²) in [6.45, 7) is 4.24. The molecule has 0 radical (unpaired) electrons. The number of nitrogens with one attached hydrogen (secondary N) is 1. The molecule has 1 aromatic rings. The fourth-order valence-corrected chi connectivity index (χ4v) is 2.22. The number of rotatable bonds is 1. The van der Waals surface area contributed by atoms with Crippen molar-refractivity contribution in [1.82, 2.24) is 5.32 Å². The molecule has 76 valence electrons. The maximum absolute atomic E-state index is 6.14. The topological polar surface area (TPSA) is 38.0 Å². The van der Waals surface area contributed by atoms with Gasteiger partial charge in [-0.05, 0) is 31.0 Å². The van der Waals surface area contributed by atoms with E-state index < -0.39 is 0 Å². The van der Waals surface area contributed by atoms with E-state index in [1.165, 1.54) is 11.1 Å². The number of hydrogen-bond acceptors (Lipinski definition) is 2. The normalized spacial score (nSPS) is 27.6. The molecule has 0 saturated carbocycles. The summed E-state index contributed by atoms with van der Waals surface area (Å²) < 4.78 is 0. The lowest BCUT2D eigenvalue weighted by atomic mass is 9.85. The Bertz CT molecular complexity index is 309. The highest BCUT2D eigenvalue weighted by molar-refractivity contribution is 5.31. The van der Waals surface area contributed by atoms with E-state index in [0.29, 0.717) is 12.0 Å². The molecule has 2 atom stereocenters. The van der Waals surface area contributed by atoms with Crippen molar-refractivity contribution in [3.63, 3.8) is 0 Å². The Morgan fingerprint density at radius 2 is 2.14 bits per heavy atom. The van der Waals surface area contributed by atoms with Gasteiger partial charge in [-0.3, -0.25) is 0 Å². The third-order valence-corrected chi connectivity index (χ3v) is 3.12.